The van der Waals surface area contributed by atoms with E-state index in [-0.39, 0.29) is 6.04 Å². The molecule has 2 rings (SSSR count). The average Bonchev–Trinajstić information content (AvgIpc) is 2.70. The van der Waals surface area contributed by atoms with Gasteiger partial charge in [-0.15, -0.1) is 0 Å². The Kier molecular flexibility index (Phi) is 2.24. The number of hydrogen-bond acceptors (Lipinski definition) is 4. The van der Waals surface area contributed by atoms with Crippen molar-refractivity contribution in [3.8, 4) is 0 Å². The Morgan fingerprint density at radius 1 is 1.50 bits per heavy atom. The van der Waals surface area contributed by atoms with Gasteiger partial charge in [-0.25, -0.2) is 10.9 Å². The van der Waals surface area contributed by atoms with Gasteiger partial charge in [0.2, 0.25) is 0 Å². The second kappa shape index (κ2) is 3.41. The SMILES string of the molecule is NC1NNC(c2cc[nH]c2)C1C(=O)O. The van der Waals surface area contributed by atoms with Crippen LogP contribution in [0.2, 0.25) is 0 Å². The Hall–Kier alpha value is -1.37. The van der Waals surface area contributed by atoms with Crippen molar-refractivity contribution in [2.75, 3.05) is 0 Å². The highest BCUT2D eigenvalue weighted by molar-refractivity contribution is 5.72. The molecular weight excluding hydrogens is 184 g/mol. The predicted octanol–water partition coefficient (Wildman–Crippen LogP) is -0.851. The molecule has 6 heteroatoms. The fourth-order valence-corrected chi connectivity index (χ4v) is 1.69. The summed E-state index contributed by atoms with van der Waals surface area (Å²) in [6.07, 6.45) is 2.94. The highest BCUT2D eigenvalue weighted by Gasteiger charge is 2.40. The van der Waals surface area contributed by atoms with Crippen LogP contribution in [-0.2, 0) is 4.79 Å². The summed E-state index contributed by atoms with van der Waals surface area (Å²) in [5.74, 6) is -1.55. The molecule has 0 aliphatic carbocycles. The van der Waals surface area contributed by atoms with Crippen molar-refractivity contribution in [1.29, 1.82) is 0 Å². The number of rotatable bonds is 2. The Morgan fingerprint density at radius 3 is 2.86 bits per heavy atom. The molecule has 76 valence electrons. The maximum atomic E-state index is 10.9. The standard InChI is InChI=1S/C8H12N4O2/c9-7-5(8(13)14)6(11-12-7)4-1-2-10-3-4/h1-3,5-7,10-12H,9H2,(H,13,14). The molecule has 14 heavy (non-hydrogen) atoms. The van der Waals surface area contributed by atoms with Crippen molar-refractivity contribution in [3.63, 3.8) is 0 Å². The van der Waals surface area contributed by atoms with Gasteiger partial charge in [0.25, 0.3) is 0 Å². The molecule has 0 radical (unpaired) electrons. The number of hydrogen-bond donors (Lipinski definition) is 5. The summed E-state index contributed by atoms with van der Waals surface area (Å²) < 4.78 is 0. The summed E-state index contributed by atoms with van der Waals surface area (Å²) in [7, 11) is 0. The summed E-state index contributed by atoms with van der Waals surface area (Å²) in [5.41, 5.74) is 12.1. The van der Waals surface area contributed by atoms with Gasteiger partial charge in [-0.3, -0.25) is 4.79 Å². The molecule has 3 unspecified atom stereocenters. The molecule has 1 saturated heterocycles. The number of nitrogens with one attached hydrogen (secondary N) is 3. The number of nitrogens with two attached hydrogens (primary N) is 1. The highest BCUT2D eigenvalue weighted by Crippen LogP contribution is 2.26. The summed E-state index contributed by atoms with van der Waals surface area (Å²) in [6.45, 7) is 0. The zero-order valence-electron chi connectivity index (χ0n) is 7.40. The van der Waals surface area contributed by atoms with Gasteiger partial charge in [-0.2, -0.15) is 0 Å². The number of aliphatic carboxylic acids is 1. The minimum Gasteiger partial charge on any atom is -0.481 e. The minimum atomic E-state index is -0.902. The molecule has 1 aromatic heterocycles. The van der Waals surface area contributed by atoms with E-state index in [9.17, 15) is 4.79 Å². The second-order valence-electron chi connectivity index (χ2n) is 3.30. The Bertz CT molecular complexity index is 324. The van der Waals surface area contributed by atoms with Crippen LogP contribution in [0.25, 0.3) is 0 Å². The first-order valence-electron chi connectivity index (χ1n) is 4.32. The quantitative estimate of drug-likeness (QED) is 0.424. The van der Waals surface area contributed by atoms with E-state index >= 15 is 0 Å². The summed E-state index contributed by atoms with van der Waals surface area (Å²) in [5, 5.41) is 8.98. The third-order valence-electron chi connectivity index (χ3n) is 2.42. The molecular formula is C8H12N4O2. The maximum Gasteiger partial charge on any atom is 0.311 e. The lowest BCUT2D eigenvalue weighted by Gasteiger charge is -2.14. The van der Waals surface area contributed by atoms with Crippen molar-refractivity contribution in [2.24, 2.45) is 11.7 Å². The number of hydrazine groups is 1. The van der Waals surface area contributed by atoms with Gasteiger partial charge in [0.15, 0.2) is 0 Å². The molecule has 0 saturated carbocycles. The summed E-state index contributed by atoms with van der Waals surface area (Å²) in [6, 6.07) is 1.54. The van der Waals surface area contributed by atoms with E-state index in [1.165, 1.54) is 0 Å². The fourth-order valence-electron chi connectivity index (χ4n) is 1.69. The van der Waals surface area contributed by atoms with Crippen molar-refractivity contribution in [3.05, 3.63) is 24.0 Å². The van der Waals surface area contributed by atoms with Gasteiger partial charge < -0.3 is 15.8 Å². The number of carboxylic acids is 1. The average molecular weight is 196 g/mol. The third kappa shape index (κ3) is 1.39. The number of aromatic amines is 1. The van der Waals surface area contributed by atoms with E-state index in [0.717, 1.165) is 5.56 Å². The Morgan fingerprint density at radius 2 is 2.29 bits per heavy atom. The first kappa shape index (κ1) is 9.20. The molecule has 1 aliphatic rings. The van der Waals surface area contributed by atoms with Gasteiger partial charge in [0.05, 0.1) is 12.2 Å². The predicted molar refractivity (Wildman–Crippen MR) is 48.9 cm³/mol. The van der Waals surface area contributed by atoms with E-state index in [1.54, 1.807) is 12.4 Å². The molecule has 6 nitrogen and oxygen atoms in total. The van der Waals surface area contributed by atoms with Crippen molar-refractivity contribution in [2.45, 2.75) is 12.2 Å². The first-order valence-corrected chi connectivity index (χ1v) is 4.32. The molecule has 1 aliphatic heterocycles. The molecule has 3 atom stereocenters. The summed E-state index contributed by atoms with van der Waals surface area (Å²) >= 11 is 0. The van der Waals surface area contributed by atoms with Gasteiger partial charge in [-0.1, -0.05) is 0 Å². The molecule has 0 aromatic carbocycles. The number of aromatic nitrogens is 1. The Balaban J connectivity index is 2.24. The van der Waals surface area contributed by atoms with Crippen molar-refractivity contribution in [1.82, 2.24) is 15.8 Å². The van der Waals surface area contributed by atoms with Crippen LogP contribution >= 0.6 is 0 Å². The van der Waals surface area contributed by atoms with E-state index < -0.39 is 18.1 Å². The molecule has 0 bridgehead atoms. The highest BCUT2D eigenvalue weighted by atomic mass is 16.4. The molecule has 6 N–H and O–H groups in total. The van der Waals surface area contributed by atoms with Crippen molar-refractivity contribution >= 4 is 5.97 Å². The Labute approximate surface area is 80.5 Å². The molecule has 0 amide bonds. The lowest BCUT2D eigenvalue weighted by atomic mass is 9.95. The summed E-state index contributed by atoms with van der Waals surface area (Å²) in [4.78, 5) is 13.8. The molecule has 1 aromatic rings. The lowest BCUT2D eigenvalue weighted by Crippen LogP contribution is -2.41. The van der Waals surface area contributed by atoms with Crippen LogP contribution in [0.15, 0.2) is 18.5 Å². The third-order valence-corrected chi connectivity index (χ3v) is 2.42. The smallest absolute Gasteiger partial charge is 0.311 e. The van der Waals surface area contributed by atoms with Crippen LogP contribution in [0.3, 0.4) is 0 Å². The van der Waals surface area contributed by atoms with E-state index in [1.807, 2.05) is 6.07 Å². The van der Waals surface area contributed by atoms with E-state index in [0.29, 0.717) is 0 Å². The van der Waals surface area contributed by atoms with Gasteiger partial charge in [0, 0.05) is 12.4 Å². The normalized spacial score (nSPS) is 31.9. The lowest BCUT2D eigenvalue weighted by molar-refractivity contribution is -0.142. The van der Waals surface area contributed by atoms with Crippen LogP contribution in [0.5, 0.6) is 0 Å². The monoisotopic (exact) mass is 196 g/mol. The van der Waals surface area contributed by atoms with Crippen LogP contribution in [0, 0.1) is 5.92 Å². The van der Waals surface area contributed by atoms with E-state index in [4.69, 9.17) is 10.8 Å². The molecule has 1 fully saturated rings. The van der Waals surface area contributed by atoms with Crippen LogP contribution in [0.1, 0.15) is 11.6 Å². The number of H-pyrrole nitrogens is 1. The fraction of sp³-hybridized carbons (Fsp3) is 0.375. The number of carboxylic acid groups (broad SMARTS) is 1. The van der Waals surface area contributed by atoms with Crippen LogP contribution < -0.4 is 16.6 Å². The first-order chi connectivity index (χ1) is 6.70. The zero-order chi connectivity index (χ0) is 10.1. The van der Waals surface area contributed by atoms with Crippen LogP contribution in [-0.4, -0.2) is 22.2 Å². The van der Waals surface area contributed by atoms with Gasteiger partial charge in [-0.05, 0) is 11.6 Å². The zero-order valence-corrected chi connectivity index (χ0v) is 7.40. The largest absolute Gasteiger partial charge is 0.481 e. The van der Waals surface area contributed by atoms with E-state index in [2.05, 4.69) is 15.8 Å². The topological polar surface area (TPSA) is 103 Å². The maximum absolute atomic E-state index is 10.9. The molecule has 0 spiro atoms. The van der Waals surface area contributed by atoms with Gasteiger partial charge in [0.1, 0.15) is 5.92 Å². The molecule has 2 heterocycles. The van der Waals surface area contributed by atoms with Gasteiger partial charge >= 0.3 is 5.97 Å². The second-order valence-corrected chi connectivity index (χ2v) is 3.30. The van der Waals surface area contributed by atoms with Crippen molar-refractivity contribution < 1.29 is 9.90 Å². The minimum absolute atomic E-state index is 0.284. The van der Waals surface area contributed by atoms with Crippen LogP contribution in [0.4, 0.5) is 0 Å². The number of carbonyl (C=O) groups is 1.